The van der Waals surface area contributed by atoms with Crippen LogP contribution in [0, 0.1) is 5.82 Å². The number of aryl methyl sites for hydroxylation is 1. The van der Waals surface area contributed by atoms with Crippen molar-refractivity contribution in [1.29, 1.82) is 0 Å². The molecule has 0 atom stereocenters. The number of pyridine rings is 1. The van der Waals surface area contributed by atoms with Gasteiger partial charge in [0.25, 0.3) is 0 Å². The molecule has 0 aliphatic rings. The number of aromatic nitrogens is 4. The van der Waals surface area contributed by atoms with Gasteiger partial charge in [-0.3, -0.25) is 9.67 Å². The summed E-state index contributed by atoms with van der Waals surface area (Å²) < 4.78 is 62.1. The fourth-order valence-corrected chi connectivity index (χ4v) is 3.71. The van der Waals surface area contributed by atoms with E-state index in [2.05, 4.69) is 29.7 Å². The average molecular weight is 441 g/mol. The van der Waals surface area contributed by atoms with Crippen molar-refractivity contribution in [2.45, 2.75) is 38.6 Å². The zero-order chi connectivity index (χ0) is 22.1. The molecule has 0 aromatic carbocycles. The topological polar surface area (TPSA) is 44.9 Å². The third-order valence-electron chi connectivity index (χ3n) is 4.52. The molecule has 0 N–H and O–H groups in total. The summed E-state index contributed by atoms with van der Waals surface area (Å²) >= 11 is 0. The minimum atomic E-state index is -4.53. The molecule has 0 radical (unpaired) electrons. The first-order chi connectivity index (χ1) is 13.9. The fraction of sp³-hybridized carbons (Fsp3) is 0.400. The molecular weight excluding hydrogens is 416 g/mol. The maximum atomic E-state index is 13.6. The first-order valence-electron chi connectivity index (χ1n) is 9.45. The summed E-state index contributed by atoms with van der Waals surface area (Å²) in [6, 6.07) is 4.62. The molecule has 0 aliphatic heterocycles. The average Bonchev–Trinajstić information content (AvgIpc) is 3.22. The van der Waals surface area contributed by atoms with Crippen LogP contribution < -0.4 is 0 Å². The Morgan fingerprint density at radius 3 is 2.47 bits per heavy atom. The maximum absolute atomic E-state index is 13.6. The van der Waals surface area contributed by atoms with E-state index in [0.29, 0.717) is 29.1 Å². The highest BCUT2D eigenvalue weighted by Gasteiger charge is 2.35. The SMILES string of the molecule is Cn1cc(-c2cc(C(F)(F)F)n(COCC[Si](C)(C)C)c2)c(-c2ccc(F)cn2)n1. The van der Waals surface area contributed by atoms with Gasteiger partial charge in [-0.05, 0) is 24.2 Å². The van der Waals surface area contributed by atoms with Gasteiger partial charge in [-0.1, -0.05) is 19.6 Å². The summed E-state index contributed by atoms with van der Waals surface area (Å²) in [6.45, 7) is 6.76. The van der Waals surface area contributed by atoms with Crippen molar-refractivity contribution < 1.29 is 22.3 Å². The van der Waals surface area contributed by atoms with E-state index in [1.807, 2.05) is 0 Å². The number of nitrogens with zero attached hydrogens (tertiary/aromatic N) is 4. The molecule has 0 spiro atoms. The molecule has 0 fully saturated rings. The van der Waals surface area contributed by atoms with Gasteiger partial charge in [0, 0.05) is 45.2 Å². The standard InChI is InChI=1S/C20H24F4N4OSi/c1-27-12-16(19(26-27)17-6-5-15(21)10-25-17)14-9-18(20(22,23)24)28(11-14)13-29-7-8-30(2,3)4/h5-6,9-12H,7-8,13H2,1-4H3. The molecule has 0 saturated carbocycles. The van der Waals surface area contributed by atoms with Crippen LogP contribution in [0.15, 0.2) is 36.8 Å². The number of hydrogen-bond acceptors (Lipinski definition) is 3. The van der Waals surface area contributed by atoms with Crippen LogP contribution in [0.5, 0.6) is 0 Å². The van der Waals surface area contributed by atoms with Gasteiger partial charge in [-0.15, -0.1) is 0 Å². The van der Waals surface area contributed by atoms with Crippen molar-refractivity contribution in [2.24, 2.45) is 7.05 Å². The highest BCUT2D eigenvalue weighted by Crippen LogP contribution is 2.37. The molecule has 3 heterocycles. The Morgan fingerprint density at radius 1 is 1.13 bits per heavy atom. The lowest BCUT2D eigenvalue weighted by molar-refractivity contribution is -0.145. The first kappa shape index (κ1) is 22.2. The van der Waals surface area contributed by atoms with Crippen molar-refractivity contribution in [3.05, 3.63) is 48.3 Å². The zero-order valence-electron chi connectivity index (χ0n) is 17.3. The van der Waals surface area contributed by atoms with Gasteiger partial charge >= 0.3 is 6.18 Å². The van der Waals surface area contributed by atoms with E-state index >= 15 is 0 Å². The van der Waals surface area contributed by atoms with E-state index in [-0.39, 0.29) is 6.73 Å². The van der Waals surface area contributed by atoms with E-state index < -0.39 is 25.8 Å². The number of halogens is 4. The van der Waals surface area contributed by atoms with Crippen LogP contribution in [-0.4, -0.2) is 34.0 Å². The highest BCUT2D eigenvalue weighted by molar-refractivity contribution is 6.76. The predicted octanol–water partition coefficient (Wildman–Crippen LogP) is 5.42. The van der Waals surface area contributed by atoms with Crippen molar-refractivity contribution in [1.82, 2.24) is 19.3 Å². The number of hydrogen-bond donors (Lipinski definition) is 0. The number of alkyl halides is 3. The Hall–Kier alpha value is -2.46. The second-order valence-electron chi connectivity index (χ2n) is 8.36. The van der Waals surface area contributed by atoms with Crippen LogP contribution in [0.4, 0.5) is 17.6 Å². The monoisotopic (exact) mass is 440 g/mol. The molecule has 0 amide bonds. The summed E-state index contributed by atoms with van der Waals surface area (Å²) in [4.78, 5) is 4.01. The first-order valence-corrected chi connectivity index (χ1v) is 13.2. The van der Waals surface area contributed by atoms with Crippen molar-refractivity contribution >= 4 is 8.07 Å². The normalized spacial score (nSPS) is 12.5. The van der Waals surface area contributed by atoms with Crippen LogP contribution in [0.1, 0.15) is 5.69 Å². The van der Waals surface area contributed by atoms with Crippen LogP contribution >= 0.6 is 0 Å². The summed E-state index contributed by atoms with van der Waals surface area (Å²) in [5.41, 5.74) is 0.767. The van der Waals surface area contributed by atoms with Crippen molar-refractivity contribution in [2.75, 3.05) is 6.61 Å². The Labute approximate surface area is 173 Å². The van der Waals surface area contributed by atoms with Gasteiger partial charge < -0.3 is 9.30 Å². The third-order valence-corrected chi connectivity index (χ3v) is 6.23. The lowest BCUT2D eigenvalue weighted by atomic mass is 10.1. The number of rotatable bonds is 7. The van der Waals surface area contributed by atoms with E-state index in [4.69, 9.17) is 4.74 Å². The van der Waals surface area contributed by atoms with Gasteiger partial charge in [-0.2, -0.15) is 18.3 Å². The summed E-state index contributed by atoms with van der Waals surface area (Å²) in [7, 11) is 0.324. The van der Waals surface area contributed by atoms with Gasteiger partial charge in [0.1, 0.15) is 23.9 Å². The molecule has 3 rings (SSSR count). The molecule has 5 nitrogen and oxygen atoms in total. The van der Waals surface area contributed by atoms with Crippen LogP contribution in [0.25, 0.3) is 22.5 Å². The Morgan fingerprint density at radius 2 is 1.87 bits per heavy atom. The molecule has 162 valence electrons. The molecule has 30 heavy (non-hydrogen) atoms. The lowest BCUT2D eigenvalue weighted by Gasteiger charge is -2.16. The van der Waals surface area contributed by atoms with Gasteiger partial charge in [0.05, 0.1) is 11.9 Å². The molecule has 0 saturated heterocycles. The smallest absolute Gasteiger partial charge is 0.361 e. The molecule has 0 bridgehead atoms. The minimum Gasteiger partial charge on any atom is -0.361 e. The maximum Gasteiger partial charge on any atom is 0.431 e. The van der Waals surface area contributed by atoms with Crippen molar-refractivity contribution in [3.8, 4) is 22.5 Å². The molecule has 10 heteroatoms. The van der Waals surface area contributed by atoms with E-state index in [9.17, 15) is 17.6 Å². The largest absolute Gasteiger partial charge is 0.431 e. The van der Waals surface area contributed by atoms with Crippen LogP contribution in [-0.2, 0) is 24.7 Å². The summed E-state index contributed by atoms with van der Waals surface area (Å²) in [6.07, 6.45) is -0.461. The van der Waals surface area contributed by atoms with E-state index in [1.54, 1.807) is 13.2 Å². The zero-order valence-corrected chi connectivity index (χ0v) is 18.3. The predicted molar refractivity (Wildman–Crippen MR) is 109 cm³/mol. The second-order valence-corrected chi connectivity index (χ2v) is 14.0. The van der Waals surface area contributed by atoms with E-state index in [1.165, 1.54) is 23.0 Å². The highest BCUT2D eigenvalue weighted by atomic mass is 28.3. The van der Waals surface area contributed by atoms with E-state index in [0.717, 1.165) is 22.9 Å². The summed E-state index contributed by atoms with van der Waals surface area (Å²) in [5.74, 6) is -0.503. The molecule has 3 aromatic heterocycles. The quantitative estimate of drug-likeness (QED) is 0.280. The van der Waals surface area contributed by atoms with Gasteiger partial charge in [0.2, 0.25) is 0 Å². The second kappa shape index (κ2) is 8.35. The summed E-state index contributed by atoms with van der Waals surface area (Å²) in [5, 5.41) is 4.31. The third kappa shape index (κ3) is 5.36. The molecular formula is C20H24F4N4OSi. The fourth-order valence-electron chi connectivity index (χ4n) is 2.95. The Kier molecular flexibility index (Phi) is 6.18. The molecule has 3 aromatic rings. The van der Waals surface area contributed by atoms with Crippen LogP contribution in [0.3, 0.4) is 0 Å². The molecule has 0 aliphatic carbocycles. The number of ether oxygens (including phenoxy) is 1. The van der Waals surface area contributed by atoms with Crippen LogP contribution in [0.2, 0.25) is 25.7 Å². The van der Waals surface area contributed by atoms with Crippen molar-refractivity contribution in [3.63, 3.8) is 0 Å². The Balaban J connectivity index is 1.93. The molecule has 0 unspecified atom stereocenters. The minimum absolute atomic E-state index is 0.191. The lowest BCUT2D eigenvalue weighted by Crippen LogP contribution is -2.22. The Bertz CT molecular complexity index is 1000. The van der Waals surface area contributed by atoms with Gasteiger partial charge in [-0.25, -0.2) is 4.39 Å². The van der Waals surface area contributed by atoms with Gasteiger partial charge in [0.15, 0.2) is 0 Å².